The minimum absolute atomic E-state index is 0.0819. The maximum Gasteiger partial charge on any atom is 0.242 e. The predicted octanol–water partition coefficient (Wildman–Crippen LogP) is 3.63. The first-order valence-electron chi connectivity index (χ1n) is 8.52. The number of carbonyl (C=O) groups is 1. The van der Waals surface area contributed by atoms with Crippen LogP contribution in [0.1, 0.15) is 24.5 Å². The summed E-state index contributed by atoms with van der Waals surface area (Å²) in [7, 11) is 0. The fraction of sp³-hybridized carbons (Fsp3) is 0.350. The molecule has 1 aliphatic heterocycles. The summed E-state index contributed by atoms with van der Waals surface area (Å²) in [6.45, 7) is 4.30. The molecule has 0 atom stereocenters. The van der Waals surface area contributed by atoms with E-state index in [1.165, 1.54) is 23.4 Å². The van der Waals surface area contributed by atoms with Crippen LogP contribution in [0, 0.1) is 5.82 Å². The van der Waals surface area contributed by atoms with E-state index in [-0.39, 0.29) is 11.7 Å². The van der Waals surface area contributed by atoms with Crippen LogP contribution < -0.4 is 4.90 Å². The first-order valence-corrected chi connectivity index (χ1v) is 8.52. The quantitative estimate of drug-likeness (QED) is 0.838. The standard InChI is InChI=1S/C20H23FN2O/c1-2-22(14-16-7-5-10-18(21)13-16)20(24)15-23-12-6-9-17-8-3-4-11-19(17)23/h3-5,7-8,10-11,13H,2,6,9,12,14-15H2,1H3. The van der Waals surface area contributed by atoms with Gasteiger partial charge in [0.2, 0.25) is 5.91 Å². The van der Waals surface area contributed by atoms with Crippen molar-refractivity contribution < 1.29 is 9.18 Å². The van der Waals surface area contributed by atoms with Crippen LogP contribution in [0.25, 0.3) is 0 Å². The van der Waals surface area contributed by atoms with E-state index < -0.39 is 0 Å². The SMILES string of the molecule is CCN(Cc1cccc(F)c1)C(=O)CN1CCCc2ccccc21. The lowest BCUT2D eigenvalue weighted by atomic mass is 10.0. The minimum Gasteiger partial charge on any atom is -0.362 e. The molecule has 0 N–H and O–H groups in total. The average Bonchev–Trinajstić information content (AvgIpc) is 2.60. The number of hydrogen-bond acceptors (Lipinski definition) is 2. The molecule has 0 unspecified atom stereocenters. The summed E-state index contributed by atoms with van der Waals surface area (Å²) in [6.07, 6.45) is 2.14. The van der Waals surface area contributed by atoms with Crippen LogP contribution in [-0.4, -0.2) is 30.4 Å². The Labute approximate surface area is 142 Å². The lowest BCUT2D eigenvalue weighted by Gasteiger charge is -2.32. The van der Waals surface area contributed by atoms with Crippen molar-refractivity contribution in [3.05, 3.63) is 65.5 Å². The van der Waals surface area contributed by atoms with E-state index in [1.807, 2.05) is 25.1 Å². The Morgan fingerprint density at radius 3 is 2.83 bits per heavy atom. The first-order chi connectivity index (χ1) is 11.7. The lowest BCUT2D eigenvalue weighted by Crippen LogP contribution is -2.42. The van der Waals surface area contributed by atoms with Crippen LogP contribution in [-0.2, 0) is 17.8 Å². The highest BCUT2D eigenvalue weighted by atomic mass is 19.1. The van der Waals surface area contributed by atoms with Gasteiger partial charge in [0.05, 0.1) is 6.54 Å². The second-order valence-electron chi connectivity index (χ2n) is 6.19. The predicted molar refractivity (Wildman–Crippen MR) is 94.5 cm³/mol. The van der Waals surface area contributed by atoms with Crippen molar-refractivity contribution >= 4 is 11.6 Å². The van der Waals surface area contributed by atoms with Gasteiger partial charge in [-0.3, -0.25) is 4.79 Å². The van der Waals surface area contributed by atoms with Gasteiger partial charge in [0.1, 0.15) is 5.82 Å². The molecular weight excluding hydrogens is 303 g/mol. The summed E-state index contributed by atoms with van der Waals surface area (Å²) in [5.41, 5.74) is 3.30. The Morgan fingerprint density at radius 1 is 1.21 bits per heavy atom. The van der Waals surface area contributed by atoms with Gasteiger partial charge in [-0.25, -0.2) is 4.39 Å². The Kier molecular flexibility index (Phi) is 5.14. The van der Waals surface area contributed by atoms with Crippen LogP contribution in [0.5, 0.6) is 0 Å². The fourth-order valence-corrected chi connectivity index (χ4v) is 3.27. The summed E-state index contributed by atoms with van der Waals surface area (Å²) in [5.74, 6) is -0.181. The molecule has 24 heavy (non-hydrogen) atoms. The molecule has 0 fully saturated rings. The molecule has 3 rings (SSSR count). The van der Waals surface area contributed by atoms with Gasteiger partial charge >= 0.3 is 0 Å². The second kappa shape index (κ2) is 7.47. The largest absolute Gasteiger partial charge is 0.362 e. The molecule has 1 amide bonds. The van der Waals surface area contributed by atoms with Crippen molar-refractivity contribution in [2.45, 2.75) is 26.3 Å². The smallest absolute Gasteiger partial charge is 0.242 e. The molecule has 126 valence electrons. The van der Waals surface area contributed by atoms with Crippen molar-refractivity contribution in [3.63, 3.8) is 0 Å². The van der Waals surface area contributed by atoms with Gasteiger partial charge in [0.25, 0.3) is 0 Å². The van der Waals surface area contributed by atoms with Gasteiger partial charge in [-0.1, -0.05) is 30.3 Å². The lowest BCUT2D eigenvalue weighted by molar-refractivity contribution is -0.130. The van der Waals surface area contributed by atoms with Crippen molar-refractivity contribution in [1.82, 2.24) is 4.90 Å². The van der Waals surface area contributed by atoms with Crippen molar-refractivity contribution in [2.75, 3.05) is 24.5 Å². The molecule has 2 aromatic carbocycles. The zero-order chi connectivity index (χ0) is 16.9. The number of likely N-dealkylation sites (N-methyl/N-ethyl adjacent to an activating group) is 1. The Bertz CT molecular complexity index is 716. The Morgan fingerprint density at radius 2 is 2.04 bits per heavy atom. The van der Waals surface area contributed by atoms with Crippen LogP contribution in [0.3, 0.4) is 0 Å². The van der Waals surface area contributed by atoms with Gasteiger partial charge in [0, 0.05) is 25.3 Å². The number of nitrogens with zero attached hydrogens (tertiary/aromatic N) is 2. The average molecular weight is 326 g/mol. The zero-order valence-electron chi connectivity index (χ0n) is 14.0. The topological polar surface area (TPSA) is 23.6 Å². The highest BCUT2D eigenvalue weighted by Crippen LogP contribution is 2.26. The number of benzene rings is 2. The number of anilines is 1. The molecule has 0 bridgehead atoms. The first kappa shape index (κ1) is 16.5. The number of aryl methyl sites for hydroxylation is 1. The van der Waals surface area contributed by atoms with Crippen molar-refractivity contribution in [2.24, 2.45) is 0 Å². The molecule has 0 aliphatic carbocycles. The summed E-state index contributed by atoms with van der Waals surface area (Å²) in [4.78, 5) is 16.7. The van der Waals surface area contributed by atoms with Crippen LogP contribution in [0.15, 0.2) is 48.5 Å². The Hall–Kier alpha value is -2.36. The van der Waals surface area contributed by atoms with Gasteiger partial charge in [-0.05, 0) is 49.1 Å². The van der Waals surface area contributed by atoms with E-state index in [0.29, 0.717) is 19.6 Å². The summed E-state index contributed by atoms with van der Waals surface area (Å²) in [5, 5.41) is 0. The van der Waals surface area contributed by atoms with Crippen LogP contribution >= 0.6 is 0 Å². The summed E-state index contributed by atoms with van der Waals surface area (Å²) in [6, 6.07) is 14.7. The third-order valence-electron chi connectivity index (χ3n) is 4.53. The van der Waals surface area contributed by atoms with E-state index in [9.17, 15) is 9.18 Å². The highest BCUT2D eigenvalue weighted by Gasteiger charge is 2.21. The summed E-state index contributed by atoms with van der Waals surface area (Å²) < 4.78 is 13.3. The molecular formula is C20H23FN2O. The van der Waals surface area contributed by atoms with Crippen molar-refractivity contribution in [1.29, 1.82) is 0 Å². The molecule has 1 aliphatic rings. The summed E-state index contributed by atoms with van der Waals surface area (Å²) >= 11 is 0. The molecule has 0 spiro atoms. The van der Waals surface area contributed by atoms with E-state index >= 15 is 0 Å². The number of carbonyl (C=O) groups excluding carboxylic acids is 1. The molecule has 0 radical (unpaired) electrons. The number of hydrogen-bond donors (Lipinski definition) is 0. The second-order valence-corrected chi connectivity index (χ2v) is 6.19. The van der Waals surface area contributed by atoms with E-state index in [2.05, 4.69) is 17.0 Å². The molecule has 3 nitrogen and oxygen atoms in total. The van der Waals surface area contributed by atoms with E-state index in [0.717, 1.165) is 24.9 Å². The number of para-hydroxylation sites is 1. The molecule has 1 heterocycles. The number of amides is 1. The zero-order valence-corrected chi connectivity index (χ0v) is 14.0. The van der Waals surface area contributed by atoms with Crippen LogP contribution in [0.2, 0.25) is 0 Å². The van der Waals surface area contributed by atoms with E-state index in [1.54, 1.807) is 11.0 Å². The molecule has 2 aromatic rings. The third kappa shape index (κ3) is 3.75. The molecule has 0 saturated carbocycles. The minimum atomic E-state index is -0.263. The van der Waals surface area contributed by atoms with Gasteiger partial charge in [0.15, 0.2) is 0 Å². The number of rotatable bonds is 5. The number of fused-ring (bicyclic) bond motifs is 1. The highest BCUT2D eigenvalue weighted by molar-refractivity contribution is 5.82. The fourth-order valence-electron chi connectivity index (χ4n) is 3.27. The normalized spacial score (nSPS) is 13.5. The third-order valence-corrected chi connectivity index (χ3v) is 4.53. The van der Waals surface area contributed by atoms with Crippen molar-refractivity contribution in [3.8, 4) is 0 Å². The maximum absolute atomic E-state index is 13.3. The van der Waals surface area contributed by atoms with Gasteiger partial charge < -0.3 is 9.80 Å². The van der Waals surface area contributed by atoms with Gasteiger partial charge in [-0.2, -0.15) is 0 Å². The molecule has 4 heteroatoms. The number of halogens is 1. The molecule has 0 aromatic heterocycles. The molecule has 0 saturated heterocycles. The Balaban J connectivity index is 1.69. The van der Waals surface area contributed by atoms with E-state index in [4.69, 9.17) is 0 Å². The maximum atomic E-state index is 13.3. The van der Waals surface area contributed by atoms with Crippen LogP contribution in [0.4, 0.5) is 10.1 Å². The van der Waals surface area contributed by atoms with Gasteiger partial charge in [-0.15, -0.1) is 0 Å². The monoisotopic (exact) mass is 326 g/mol.